The fourth-order valence-corrected chi connectivity index (χ4v) is 7.12. The van der Waals surface area contributed by atoms with Crippen molar-refractivity contribution in [1.29, 1.82) is 0 Å². The molecular weight excluding hydrogens is 430 g/mol. The zero-order valence-electron chi connectivity index (χ0n) is 18.9. The lowest BCUT2D eigenvalue weighted by Gasteiger charge is -2.55. The summed E-state index contributed by atoms with van der Waals surface area (Å²) in [5.41, 5.74) is 0. The molecule has 3 saturated heterocycles. The molecule has 30 heavy (non-hydrogen) atoms. The summed E-state index contributed by atoms with van der Waals surface area (Å²) < 4.78 is 36.7. The summed E-state index contributed by atoms with van der Waals surface area (Å²) in [4.78, 5) is 12.1. The largest absolute Gasteiger partial charge is 0.349 e. The summed E-state index contributed by atoms with van der Waals surface area (Å²) in [5.74, 6) is -1.11. The first kappa shape index (κ1) is 24.6. The Bertz CT molecular complexity index is 618. The Morgan fingerprint density at radius 3 is 2.13 bits per heavy atom. The van der Waals surface area contributed by atoms with Crippen LogP contribution in [0.15, 0.2) is 0 Å². The Kier molecular flexibility index (Phi) is 7.72. The van der Waals surface area contributed by atoms with Crippen LogP contribution in [0.1, 0.15) is 41.0 Å². The van der Waals surface area contributed by atoms with Crippen LogP contribution in [0.2, 0.25) is 0 Å². The number of nitrogens with one attached hydrogen (secondary N) is 1. The van der Waals surface area contributed by atoms with Crippen LogP contribution < -0.4 is 5.32 Å². The number of ether oxygens (including phenoxy) is 6. The van der Waals surface area contributed by atoms with Crippen LogP contribution in [0, 0.1) is 0 Å². The second-order valence-electron chi connectivity index (χ2n) is 8.52. The lowest BCUT2D eigenvalue weighted by atomic mass is 9.96. The smallest absolute Gasteiger partial charge is 0.220 e. The third-order valence-electron chi connectivity index (χ3n) is 5.92. The van der Waals surface area contributed by atoms with Crippen LogP contribution in [0.25, 0.3) is 0 Å². The van der Waals surface area contributed by atoms with Gasteiger partial charge in [0.15, 0.2) is 5.79 Å². The Morgan fingerprint density at radius 2 is 1.63 bits per heavy atom. The predicted octanol–water partition coefficient (Wildman–Crippen LogP) is 2.35. The first-order chi connectivity index (χ1) is 14.0. The zero-order valence-corrected chi connectivity index (χ0v) is 20.5. The second-order valence-corrected chi connectivity index (χ2v) is 11.3. The average Bonchev–Trinajstić information content (AvgIpc) is 3.08. The molecular formula is C20H35NO7S2. The normalized spacial score (nSPS) is 40.8. The maximum Gasteiger partial charge on any atom is 0.220 e. The van der Waals surface area contributed by atoms with E-state index in [1.54, 1.807) is 28.1 Å². The predicted molar refractivity (Wildman–Crippen MR) is 116 cm³/mol. The molecule has 0 unspecified atom stereocenters. The minimum atomic E-state index is -1.18. The molecule has 10 heteroatoms. The van der Waals surface area contributed by atoms with Crippen LogP contribution in [-0.2, 0) is 33.2 Å². The number of thioether (sulfide) groups is 2. The molecule has 0 saturated carbocycles. The van der Waals surface area contributed by atoms with Gasteiger partial charge in [0.1, 0.15) is 18.3 Å². The molecule has 3 aliphatic rings. The molecule has 3 aliphatic heterocycles. The minimum absolute atomic E-state index is 0.114. The molecule has 174 valence electrons. The number of amides is 1. The van der Waals surface area contributed by atoms with E-state index >= 15 is 0 Å². The van der Waals surface area contributed by atoms with E-state index in [9.17, 15) is 4.79 Å². The third kappa shape index (κ3) is 4.96. The van der Waals surface area contributed by atoms with E-state index in [-0.39, 0.29) is 22.6 Å². The van der Waals surface area contributed by atoms with Gasteiger partial charge in [-0.25, -0.2) is 0 Å². The highest BCUT2D eigenvalue weighted by molar-refractivity contribution is 8.17. The van der Waals surface area contributed by atoms with E-state index in [2.05, 4.69) is 5.32 Å². The molecule has 3 rings (SSSR count). The number of hydrogen-bond donors (Lipinski definition) is 1. The van der Waals surface area contributed by atoms with Gasteiger partial charge in [-0.1, -0.05) is 0 Å². The van der Waals surface area contributed by atoms with E-state index in [4.69, 9.17) is 28.4 Å². The van der Waals surface area contributed by atoms with Crippen LogP contribution in [0.5, 0.6) is 0 Å². The van der Waals surface area contributed by atoms with Gasteiger partial charge in [-0.3, -0.25) is 4.79 Å². The maximum atomic E-state index is 12.1. The van der Waals surface area contributed by atoms with Crippen LogP contribution in [0.3, 0.4) is 0 Å². The quantitative estimate of drug-likeness (QED) is 0.635. The number of carbonyl (C=O) groups excluding carboxylic acids is 1. The molecule has 8 nitrogen and oxygen atoms in total. The van der Waals surface area contributed by atoms with Gasteiger partial charge in [0.05, 0.1) is 17.2 Å². The van der Waals surface area contributed by atoms with Gasteiger partial charge in [-0.2, -0.15) is 0 Å². The zero-order chi connectivity index (χ0) is 22.2. The van der Waals surface area contributed by atoms with Crippen molar-refractivity contribution in [2.75, 3.05) is 32.3 Å². The first-order valence-electron chi connectivity index (χ1n) is 10.3. The van der Waals surface area contributed by atoms with E-state index in [1.165, 1.54) is 6.92 Å². The molecule has 6 atom stereocenters. The lowest BCUT2D eigenvalue weighted by Crippen LogP contribution is -2.71. The summed E-state index contributed by atoms with van der Waals surface area (Å²) in [5, 5.41) is 3.12. The van der Waals surface area contributed by atoms with Crippen molar-refractivity contribution in [3.8, 4) is 0 Å². The topological polar surface area (TPSA) is 84.5 Å². The van der Waals surface area contributed by atoms with Gasteiger partial charge in [0, 0.05) is 21.1 Å². The molecule has 1 N–H and O–H groups in total. The molecule has 0 aromatic carbocycles. The van der Waals surface area contributed by atoms with Gasteiger partial charge >= 0.3 is 0 Å². The first-order valence-corrected chi connectivity index (χ1v) is 12.4. The summed E-state index contributed by atoms with van der Waals surface area (Å²) >= 11 is 3.67. The highest BCUT2D eigenvalue weighted by Crippen LogP contribution is 2.45. The highest BCUT2D eigenvalue weighted by Gasteiger charge is 2.61. The molecule has 3 heterocycles. The molecule has 3 fully saturated rings. The summed E-state index contributed by atoms with van der Waals surface area (Å²) in [6.07, 6.45) is -0.279. The molecule has 1 amide bonds. The van der Waals surface area contributed by atoms with Crippen molar-refractivity contribution in [3.63, 3.8) is 0 Å². The maximum absolute atomic E-state index is 12.1. The standard InChI is InChI=1S/C20H35NO7S2/c1-12(22)21-14(17-29-9-8-10-30-17)16-15(13-11-25-18(2,3)26-13)27-19(4,23-6)20(5,24-7)28-16/h13-17H,8-11H2,1-7H3,(H,21,22)/t13-,14-,15-,16-,19+,20+/m1/s1. The molecule has 0 aromatic rings. The summed E-state index contributed by atoms with van der Waals surface area (Å²) in [7, 11) is 3.12. The van der Waals surface area contributed by atoms with E-state index in [0.717, 1.165) is 17.9 Å². The van der Waals surface area contributed by atoms with Gasteiger partial charge in [0.2, 0.25) is 17.5 Å². The van der Waals surface area contributed by atoms with Crippen LogP contribution >= 0.6 is 23.5 Å². The van der Waals surface area contributed by atoms with Crippen molar-refractivity contribution in [3.05, 3.63) is 0 Å². The minimum Gasteiger partial charge on any atom is -0.349 e. The second kappa shape index (κ2) is 9.43. The Balaban J connectivity index is 1.97. The van der Waals surface area contributed by atoms with E-state index < -0.39 is 29.6 Å². The molecule has 0 aromatic heterocycles. The van der Waals surface area contributed by atoms with Gasteiger partial charge in [-0.05, 0) is 45.6 Å². The molecule has 0 aliphatic carbocycles. The SMILES string of the molecule is CO[C@@]1(C)O[C@H]([C@H]2COC(C)(C)O2)[C@@H]([C@@H](NC(C)=O)C2SCCCS2)O[C@]1(C)OC. The van der Waals surface area contributed by atoms with Crippen LogP contribution in [0.4, 0.5) is 0 Å². The number of methoxy groups -OCH3 is 2. The molecule has 0 spiro atoms. The van der Waals surface area contributed by atoms with Crippen LogP contribution in [-0.4, -0.2) is 84.5 Å². The summed E-state index contributed by atoms with van der Waals surface area (Å²) in [6, 6.07) is -0.300. The summed E-state index contributed by atoms with van der Waals surface area (Å²) in [6.45, 7) is 9.22. The number of hydrogen-bond acceptors (Lipinski definition) is 9. The highest BCUT2D eigenvalue weighted by atomic mass is 32.2. The van der Waals surface area contributed by atoms with Crippen molar-refractivity contribution in [1.82, 2.24) is 5.32 Å². The Morgan fingerprint density at radius 1 is 1.03 bits per heavy atom. The van der Waals surface area contributed by atoms with Gasteiger partial charge < -0.3 is 33.7 Å². The van der Waals surface area contributed by atoms with Crippen molar-refractivity contribution in [2.24, 2.45) is 0 Å². The van der Waals surface area contributed by atoms with E-state index in [0.29, 0.717) is 6.61 Å². The van der Waals surface area contributed by atoms with E-state index in [1.807, 2.05) is 37.4 Å². The molecule has 0 radical (unpaired) electrons. The Hall–Kier alpha value is -0.0700. The lowest BCUT2D eigenvalue weighted by molar-refractivity contribution is -0.456. The van der Waals surface area contributed by atoms with Gasteiger partial charge in [0.25, 0.3) is 0 Å². The number of carbonyl (C=O) groups is 1. The van der Waals surface area contributed by atoms with Crippen molar-refractivity contribution in [2.45, 2.75) is 87.3 Å². The fraction of sp³-hybridized carbons (Fsp3) is 0.950. The van der Waals surface area contributed by atoms with Gasteiger partial charge in [-0.15, -0.1) is 23.5 Å². The van der Waals surface area contributed by atoms with Crippen molar-refractivity contribution < 1.29 is 33.2 Å². The monoisotopic (exact) mass is 465 g/mol. The number of rotatable bonds is 6. The Labute approximate surface area is 187 Å². The van der Waals surface area contributed by atoms with Crippen molar-refractivity contribution >= 4 is 29.4 Å². The fourth-order valence-electron chi connectivity index (χ4n) is 4.03. The molecule has 0 bridgehead atoms. The average molecular weight is 466 g/mol. The third-order valence-corrected chi connectivity index (χ3v) is 9.03.